The van der Waals surface area contributed by atoms with Crippen LogP contribution in [-0.4, -0.2) is 18.4 Å². The molecule has 0 aliphatic rings. The van der Waals surface area contributed by atoms with Crippen LogP contribution in [0.15, 0.2) is 84.9 Å². The summed E-state index contributed by atoms with van der Waals surface area (Å²) in [7, 11) is 0. The van der Waals surface area contributed by atoms with Gasteiger partial charge in [0, 0.05) is 16.9 Å². The van der Waals surface area contributed by atoms with E-state index in [0.29, 0.717) is 22.7 Å². The molecule has 0 fully saturated rings. The van der Waals surface area contributed by atoms with E-state index < -0.39 is 0 Å². The highest BCUT2D eigenvalue weighted by molar-refractivity contribution is 6.04. The zero-order chi connectivity index (χ0) is 18.2. The van der Waals surface area contributed by atoms with Crippen molar-refractivity contribution in [2.75, 3.05) is 17.2 Å². The quantitative estimate of drug-likeness (QED) is 0.710. The van der Waals surface area contributed by atoms with Crippen LogP contribution in [0.3, 0.4) is 0 Å². The molecule has 0 radical (unpaired) electrons. The van der Waals surface area contributed by atoms with Crippen LogP contribution in [0.1, 0.15) is 10.4 Å². The molecule has 0 unspecified atom stereocenters. The number of rotatable bonds is 6. The van der Waals surface area contributed by atoms with Gasteiger partial charge in [-0.25, -0.2) is 0 Å². The van der Waals surface area contributed by atoms with Crippen LogP contribution in [-0.2, 0) is 4.79 Å². The van der Waals surface area contributed by atoms with E-state index in [0.717, 1.165) is 0 Å². The van der Waals surface area contributed by atoms with Gasteiger partial charge in [0.05, 0.1) is 0 Å². The van der Waals surface area contributed by atoms with Crippen LogP contribution < -0.4 is 15.4 Å². The molecule has 0 aromatic heterocycles. The molecule has 3 aromatic carbocycles. The average molecular weight is 346 g/mol. The number of anilines is 2. The van der Waals surface area contributed by atoms with E-state index in [1.165, 1.54) is 0 Å². The van der Waals surface area contributed by atoms with Gasteiger partial charge in [0.1, 0.15) is 5.75 Å². The van der Waals surface area contributed by atoms with E-state index in [9.17, 15) is 9.59 Å². The van der Waals surface area contributed by atoms with Crippen LogP contribution in [0.4, 0.5) is 11.4 Å². The molecule has 3 aromatic rings. The van der Waals surface area contributed by atoms with E-state index >= 15 is 0 Å². The molecule has 0 saturated heterocycles. The minimum Gasteiger partial charge on any atom is -0.484 e. The van der Waals surface area contributed by atoms with Gasteiger partial charge in [-0.05, 0) is 48.5 Å². The van der Waals surface area contributed by atoms with Gasteiger partial charge in [-0.1, -0.05) is 36.4 Å². The third-order valence-electron chi connectivity index (χ3n) is 3.58. The van der Waals surface area contributed by atoms with Crippen LogP contribution in [0.5, 0.6) is 5.75 Å². The Hall–Kier alpha value is -3.60. The number of ether oxygens (including phenoxy) is 1. The Kier molecular flexibility index (Phi) is 5.62. The average Bonchev–Trinajstić information content (AvgIpc) is 2.69. The molecule has 0 aliphatic carbocycles. The molecule has 2 N–H and O–H groups in total. The Morgan fingerprint density at radius 2 is 1.23 bits per heavy atom. The summed E-state index contributed by atoms with van der Waals surface area (Å²) in [5.41, 5.74) is 1.87. The van der Waals surface area contributed by atoms with Crippen molar-refractivity contribution < 1.29 is 14.3 Å². The molecular formula is C21H18N2O3. The highest BCUT2D eigenvalue weighted by atomic mass is 16.5. The van der Waals surface area contributed by atoms with Crippen molar-refractivity contribution in [1.82, 2.24) is 0 Å². The second-order valence-electron chi connectivity index (χ2n) is 5.55. The van der Waals surface area contributed by atoms with E-state index in [2.05, 4.69) is 10.6 Å². The summed E-state index contributed by atoms with van der Waals surface area (Å²) >= 11 is 0. The van der Waals surface area contributed by atoms with Crippen molar-refractivity contribution in [2.45, 2.75) is 0 Å². The van der Waals surface area contributed by atoms with Crippen LogP contribution in [0.2, 0.25) is 0 Å². The van der Waals surface area contributed by atoms with Gasteiger partial charge in [-0.3, -0.25) is 9.59 Å². The monoisotopic (exact) mass is 346 g/mol. The molecule has 5 nitrogen and oxygen atoms in total. The SMILES string of the molecule is O=C(COc1ccccc1)Nc1ccc(NC(=O)c2ccccc2)cc1. The van der Waals surface area contributed by atoms with Crippen molar-refractivity contribution in [3.63, 3.8) is 0 Å². The summed E-state index contributed by atoms with van der Waals surface area (Å²) < 4.78 is 5.40. The Morgan fingerprint density at radius 3 is 1.85 bits per heavy atom. The number of carbonyl (C=O) groups excluding carboxylic acids is 2. The van der Waals surface area contributed by atoms with E-state index in [-0.39, 0.29) is 18.4 Å². The lowest BCUT2D eigenvalue weighted by molar-refractivity contribution is -0.118. The maximum atomic E-state index is 12.1. The van der Waals surface area contributed by atoms with Gasteiger partial charge in [-0.15, -0.1) is 0 Å². The van der Waals surface area contributed by atoms with Gasteiger partial charge in [0.15, 0.2) is 6.61 Å². The Morgan fingerprint density at radius 1 is 0.692 bits per heavy atom. The number of benzene rings is 3. The van der Waals surface area contributed by atoms with Gasteiger partial charge in [0.2, 0.25) is 0 Å². The second-order valence-corrected chi connectivity index (χ2v) is 5.55. The summed E-state index contributed by atoms with van der Waals surface area (Å²) in [6.45, 7) is -0.0729. The molecule has 130 valence electrons. The molecule has 0 saturated carbocycles. The lowest BCUT2D eigenvalue weighted by Crippen LogP contribution is -2.20. The predicted octanol–water partition coefficient (Wildman–Crippen LogP) is 3.96. The van der Waals surface area contributed by atoms with Gasteiger partial charge >= 0.3 is 0 Å². The number of hydrogen-bond donors (Lipinski definition) is 2. The van der Waals surface area contributed by atoms with Crippen LogP contribution in [0, 0.1) is 0 Å². The summed E-state index contributed by atoms with van der Waals surface area (Å²) in [6.07, 6.45) is 0. The molecule has 0 aliphatic heterocycles. The summed E-state index contributed by atoms with van der Waals surface area (Å²) in [5, 5.41) is 5.56. The number of para-hydroxylation sites is 1. The highest BCUT2D eigenvalue weighted by Gasteiger charge is 2.06. The number of carbonyl (C=O) groups is 2. The maximum absolute atomic E-state index is 12.1. The smallest absolute Gasteiger partial charge is 0.262 e. The van der Waals surface area contributed by atoms with Crippen molar-refractivity contribution in [3.8, 4) is 5.75 Å². The highest BCUT2D eigenvalue weighted by Crippen LogP contribution is 2.15. The van der Waals surface area contributed by atoms with Crippen molar-refractivity contribution >= 4 is 23.2 Å². The van der Waals surface area contributed by atoms with Gasteiger partial charge in [-0.2, -0.15) is 0 Å². The topological polar surface area (TPSA) is 67.4 Å². The molecule has 5 heteroatoms. The Bertz CT molecular complexity index is 863. The first-order chi connectivity index (χ1) is 12.7. The fraction of sp³-hybridized carbons (Fsp3) is 0.0476. The first-order valence-electron chi connectivity index (χ1n) is 8.15. The molecular weight excluding hydrogens is 328 g/mol. The molecule has 2 amide bonds. The first-order valence-corrected chi connectivity index (χ1v) is 8.15. The minimum absolute atomic E-state index is 0.0729. The lowest BCUT2D eigenvalue weighted by Gasteiger charge is -2.09. The molecule has 3 rings (SSSR count). The van der Waals surface area contributed by atoms with Crippen LogP contribution in [0.25, 0.3) is 0 Å². The largest absolute Gasteiger partial charge is 0.484 e. The molecule has 0 heterocycles. The summed E-state index contributed by atoms with van der Waals surface area (Å²) in [6, 6.07) is 25.0. The Labute approximate surface area is 151 Å². The predicted molar refractivity (Wildman–Crippen MR) is 101 cm³/mol. The third kappa shape index (κ3) is 4.95. The first kappa shape index (κ1) is 17.2. The number of nitrogens with one attached hydrogen (secondary N) is 2. The molecule has 0 spiro atoms. The van der Waals surface area contributed by atoms with E-state index in [1.54, 1.807) is 48.5 Å². The fourth-order valence-electron chi connectivity index (χ4n) is 2.29. The molecule has 26 heavy (non-hydrogen) atoms. The Balaban J connectivity index is 1.51. The van der Waals surface area contributed by atoms with Crippen LogP contribution >= 0.6 is 0 Å². The van der Waals surface area contributed by atoms with Gasteiger partial charge in [0.25, 0.3) is 11.8 Å². The third-order valence-corrected chi connectivity index (χ3v) is 3.58. The van der Waals surface area contributed by atoms with E-state index in [1.807, 2.05) is 36.4 Å². The standard InChI is InChI=1S/C21H18N2O3/c24-20(15-26-19-9-5-2-6-10-19)22-17-11-13-18(14-12-17)23-21(25)16-7-3-1-4-8-16/h1-14H,15H2,(H,22,24)(H,23,25). The van der Waals surface area contributed by atoms with E-state index in [4.69, 9.17) is 4.74 Å². The van der Waals surface area contributed by atoms with Crippen molar-refractivity contribution in [3.05, 3.63) is 90.5 Å². The normalized spacial score (nSPS) is 10.0. The summed E-state index contributed by atoms with van der Waals surface area (Å²) in [4.78, 5) is 24.0. The lowest BCUT2D eigenvalue weighted by atomic mass is 10.2. The minimum atomic E-state index is -0.255. The number of amides is 2. The van der Waals surface area contributed by atoms with Gasteiger partial charge < -0.3 is 15.4 Å². The zero-order valence-electron chi connectivity index (χ0n) is 14.0. The second kappa shape index (κ2) is 8.48. The van der Waals surface area contributed by atoms with Crippen molar-refractivity contribution in [2.24, 2.45) is 0 Å². The molecule has 0 bridgehead atoms. The number of hydrogen-bond acceptors (Lipinski definition) is 3. The maximum Gasteiger partial charge on any atom is 0.262 e. The zero-order valence-corrected chi connectivity index (χ0v) is 14.0. The van der Waals surface area contributed by atoms with Crippen molar-refractivity contribution in [1.29, 1.82) is 0 Å². The summed E-state index contributed by atoms with van der Waals surface area (Å²) in [5.74, 6) is 0.204. The fourth-order valence-corrected chi connectivity index (χ4v) is 2.29. The molecule has 0 atom stereocenters.